The van der Waals surface area contributed by atoms with Crippen LogP contribution in [0.1, 0.15) is 24.0 Å². The van der Waals surface area contributed by atoms with Gasteiger partial charge in [0, 0.05) is 10.9 Å². The fraction of sp³-hybridized carbons (Fsp3) is 0.278. The summed E-state index contributed by atoms with van der Waals surface area (Å²) in [6.45, 7) is 2.04. The van der Waals surface area contributed by atoms with Crippen LogP contribution in [-0.4, -0.2) is 19.2 Å². The SMILES string of the molecule is CCc1ccc([C@H]2[C@H](S(=O)(=O)c3ccc(Cl)cc3)[C@@]2(N)C#N)cc1. The number of rotatable bonds is 4. The standard InChI is InChI=1S/C18H17ClN2O2S/c1-2-12-3-5-13(6-4-12)16-17(18(16,21)11-20)24(22,23)15-9-7-14(19)8-10-15/h3-10,16-17H,2,21H2,1H3/t16-,17-,18+/m0/s1. The van der Waals surface area contributed by atoms with Gasteiger partial charge in [-0.15, -0.1) is 0 Å². The Balaban J connectivity index is 2.00. The third-order valence-electron chi connectivity index (χ3n) is 4.60. The van der Waals surface area contributed by atoms with Crippen LogP contribution in [0.25, 0.3) is 0 Å². The Hall–Kier alpha value is -1.87. The molecule has 1 fully saturated rings. The summed E-state index contributed by atoms with van der Waals surface area (Å²) in [4.78, 5) is 0.134. The quantitative estimate of drug-likeness (QED) is 0.908. The summed E-state index contributed by atoms with van der Waals surface area (Å²) in [6.07, 6.45) is 0.892. The van der Waals surface area contributed by atoms with Gasteiger partial charge in [0.1, 0.15) is 10.8 Å². The maximum absolute atomic E-state index is 12.9. The molecule has 3 atom stereocenters. The Morgan fingerprint density at radius 3 is 2.25 bits per heavy atom. The van der Waals surface area contributed by atoms with Crippen molar-refractivity contribution in [1.29, 1.82) is 5.26 Å². The van der Waals surface area contributed by atoms with E-state index in [4.69, 9.17) is 17.3 Å². The molecular formula is C18H17ClN2O2S. The second-order valence-electron chi connectivity index (χ2n) is 6.04. The van der Waals surface area contributed by atoms with Crippen LogP contribution in [0.4, 0.5) is 0 Å². The average Bonchev–Trinajstić information content (AvgIpc) is 3.23. The van der Waals surface area contributed by atoms with Crippen molar-refractivity contribution in [2.75, 3.05) is 0 Å². The van der Waals surface area contributed by atoms with E-state index in [1.807, 2.05) is 37.3 Å². The number of sulfone groups is 1. The number of nitrogens with two attached hydrogens (primary N) is 1. The number of hydrogen-bond donors (Lipinski definition) is 1. The second-order valence-corrected chi connectivity index (χ2v) is 8.54. The van der Waals surface area contributed by atoms with E-state index in [1.165, 1.54) is 24.3 Å². The van der Waals surface area contributed by atoms with E-state index in [9.17, 15) is 13.7 Å². The van der Waals surface area contributed by atoms with E-state index in [0.717, 1.165) is 17.5 Å². The molecule has 0 heterocycles. The molecule has 24 heavy (non-hydrogen) atoms. The number of halogens is 1. The van der Waals surface area contributed by atoms with Crippen molar-refractivity contribution in [3.8, 4) is 6.07 Å². The number of benzene rings is 2. The molecule has 1 saturated carbocycles. The van der Waals surface area contributed by atoms with Gasteiger partial charge in [-0.2, -0.15) is 5.26 Å². The molecule has 2 N–H and O–H groups in total. The van der Waals surface area contributed by atoms with Crippen molar-refractivity contribution in [2.45, 2.75) is 34.9 Å². The van der Waals surface area contributed by atoms with E-state index in [0.29, 0.717) is 5.02 Å². The zero-order valence-corrected chi connectivity index (χ0v) is 14.7. The fourth-order valence-electron chi connectivity index (χ4n) is 3.13. The molecule has 2 aromatic carbocycles. The molecule has 0 aliphatic heterocycles. The predicted molar refractivity (Wildman–Crippen MR) is 93.5 cm³/mol. The van der Waals surface area contributed by atoms with Crippen LogP contribution >= 0.6 is 11.6 Å². The van der Waals surface area contributed by atoms with Gasteiger partial charge in [0.2, 0.25) is 0 Å². The predicted octanol–water partition coefficient (Wildman–Crippen LogP) is 3.06. The van der Waals surface area contributed by atoms with Gasteiger partial charge < -0.3 is 5.73 Å². The van der Waals surface area contributed by atoms with E-state index in [-0.39, 0.29) is 4.90 Å². The Bertz CT molecular complexity index is 902. The van der Waals surface area contributed by atoms with Crippen molar-refractivity contribution in [2.24, 2.45) is 5.73 Å². The minimum atomic E-state index is -3.72. The van der Waals surface area contributed by atoms with Crippen molar-refractivity contribution < 1.29 is 8.42 Å². The highest BCUT2D eigenvalue weighted by molar-refractivity contribution is 7.92. The van der Waals surface area contributed by atoms with E-state index < -0.39 is 26.5 Å². The van der Waals surface area contributed by atoms with Crippen LogP contribution < -0.4 is 5.73 Å². The molecule has 0 bridgehead atoms. The highest BCUT2D eigenvalue weighted by atomic mass is 35.5. The summed E-state index contributed by atoms with van der Waals surface area (Å²) in [5, 5.41) is 8.96. The maximum atomic E-state index is 12.9. The fourth-order valence-corrected chi connectivity index (χ4v) is 5.43. The van der Waals surface area contributed by atoms with Crippen molar-refractivity contribution in [3.05, 3.63) is 64.7 Å². The Morgan fingerprint density at radius 2 is 1.75 bits per heavy atom. The highest BCUT2D eigenvalue weighted by Crippen LogP contribution is 2.55. The van der Waals surface area contributed by atoms with Crippen LogP contribution in [0.3, 0.4) is 0 Å². The zero-order valence-electron chi connectivity index (χ0n) is 13.1. The molecule has 3 rings (SSSR count). The molecule has 2 aromatic rings. The summed E-state index contributed by atoms with van der Waals surface area (Å²) >= 11 is 5.82. The maximum Gasteiger partial charge on any atom is 0.184 e. The molecule has 0 amide bonds. The smallest absolute Gasteiger partial charge is 0.184 e. The van der Waals surface area contributed by atoms with Gasteiger partial charge in [-0.25, -0.2) is 8.42 Å². The van der Waals surface area contributed by atoms with Gasteiger partial charge >= 0.3 is 0 Å². The molecular weight excluding hydrogens is 344 g/mol. The number of aryl methyl sites for hydroxylation is 1. The van der Waals surface area contributed by atoms with Crippen LogP contribution in [-0.2, 0) is 16.3 Å². The van der Waals surface area contributed by atoms with Gasteiger partial charge in [0.25, 0.3) is 0 Å². The van der Waals surface area contributed by atoms with E-state index in [2.05, 4.69) is 0 Å². The summed E-state index contributed by atoms with van der Waals surface area (Å²) in [7, 11) is -3.72. The van der Waals surface area contributed by atoms with Crippen molar-refractivity contribution >= 4 is 21.4 Å². The molecule has 124 valence electrons. The van der Waals surface area contributed by atoms with Crippen LogP contribution in [0.5, 0.6) is 0 Å². The zero-order chi connectivity index (χ0) is 17.5. The van der Waals surface area contributed by atoms with Gasteiger partial charge in [-0.3, -0.25) is 0 Å². The minimum Gasteiger partial charge on any atom is -0.312 e. The Kier molecular flexibility index (Phi) is 4.16. The van der Waals surface area contributed by atoms with Crippen LogP contribution in [0.15, 0.2) is 53.4 Å². The first-order valence-electron chi connectivity index (χ1n) is 7.63. The first-order valence-corrected chi connectivity index (χ1v) is 9.55. The van der Waals surface area contributed by atoms with Crippen LogP contribution in [0, 0.1) is 11.3 Å². The number of nitrogens with zero attached hydrogens (tertiary/aromatic N) is 1. The first-order chi connectivity index (χ1) is 11.3. The topological polar surface area (TPSA) is 83.9 Å². The van der Waals surface area contributed by atoms with Crippen molar-refractivity contribution in [3.63, 3.8) is 0 Å². The van der Waals surface area contributed by atoms with Gasteiger partial charge in [-0.05, 0) is 41.8 Å². The van der Waals surface area contributed by atoms with Crippen LogP contribution in [0.2, 0.25) is 5.02 Å². The summed E-state index contributed by atoms with van der Waals surface area (Å²) in [5.74, 6) is -0.533. The molecule has 0 saturated heterocycles. The molecule has 6 heteroatoms. The number of nitriles is 1. The number of hydrogen-bond acceptors (Lipinski definition) is 4. The second kappa shape index (κ2) is 5.89. The van der Waals surface area contributed by atoms with E-state index >= 15 is 0 Å². The lowest BCUT2D eigenvalue weighted by atomic mass is 10.0. The summed E-state index contributed by atoms with van der Waals surface area (Å²) in [5.41, 5.74) is 6.64. The van der Waals surface area contributed by atoms with Gasteiger partial charge in [0.05, 0.1) is 11.0 Å². The summed E-state index contributed by atoms with van der Waals surface area (Å²) in [6, 6.07) is 15.5. The monoisotopic (exact) mass is 360 g/mol. The van der Waals surface area contributed by atoms with Gasteiger partial charge in [-0.1, -0.05) is 42.8 Å². The summed E-state index contributed by atoms with van der Waals surface area (Å²) < 4.78 is 25.8. The molecule has 1 aliphatic rings. The molecule has 4 nitrogen and oxygen atoms in total. The molecule has 0 unspecified atom stereocenters. The lowest BCUT2D eigenvalue weighted by molar-refractivity contribution is 0.592. The lowest BCUT2D eigenvalue weighted by Crippen LogP contribution is -2.29. The normalized spacial score (nSPS) is 25.9. The Morgan fingerprint density at radius 1 is 1.17 bits per heavy atom. The third-order valence-corrected chi connectivity index (χ3v) is 7.11. The third kappa shape index (κ3) is 2.61. The molecule has 0 radical (unpaired) electrons. The molecule has 1 aliphatic carbocycles. The highest BCUT2D eigenvalue weighted by Gasteiger charge is 2.70. The minimum absolute atomic E-state index is 0.134. The van der Waals surface area contributed by atoms with E-state index in [1.54, 1.807) is 0 Å². The Labute approximate surface area is 146 Å². The average molecular weight is 361 g/mol. The lowest BCUT2D eigenvalue weighted by Gasteiger charge is -2.05. The largest absolute Gasteiger partial charge is 0.312 e. The molecule has 0 aromatic heterocycles. The van der Waals surface area contributed by atoms with Gasteiger partial charge in [0.15, 0.2) is 9.84 Å². The molecule has 0 spiro atoms. The van der Waals surface area contributed by atoms with Crippen molar-refractivity contribution in [1.82, 2.24) is 0 Å². The first kappa shape index (κ1) is 17.0.